The van der Waals surface area contributed by atoms with Gasteiger partial charge in [-0.3, -0.25) is 4.79 Å². The number of aliphatic hydroxyl groups is 1. The van der Waals surface area contributed by atoms with E-state index in [0.29, 0.717) is 13.0 Å². The maximum Gasteiger partial charge on any atom is 0.303 e. The van der Waals surface area contributed by atoms with Crippen LogP contribution in [0.15, 0.2) is 36.4 Å². The van der Waals surface area contributed by atoms with Crippen LogP contribution in [0.1, 0.15) is 120 Å². The molecule has 1 unspecified atom stereocenters. The number of carbonyl (C=O) groups is 1. The zero-order valence-corrected chi connectivity index (χ0v) is 25.0. The Morgan fingerprint density at radius 3 is 2.11 bits per heavy atom. The summed E-state index contributed by atoms with van der Waals surface area (Å²) >= 11 is 0. The quantitative estimate of drug-likeness (QED) is 0.203. The molecule has 4 nitrogen and oxygen atoms in total. The third kappa shape index (κ3) is 8.33. The fourth-order valence-electron chi connectivity index (χ4n) is 5.85. The first-order chi connectivity index (χ1) is 18.0. The van der Waals surface area contributed by atoms with Gasteiger partial charge in [0, 0.05) is 11.8 Å². The molecular formula is C34H52O4. The molecule has 2 aromatic carbocycles. The number of benzene rings is 2. The molecule has 2 N–H and O–H groups in total. The van der Waals surface area contributed by atoms with Crippen molar-refractivity contribution in [3.8, 4) is 5.75 Å². The SMILES string of the molecule is CCCC(C)(C)C(O)CCc1ccc(C(CC)(CC)c2ccc(OCCCCCC(=O)O)c(C)c2)cc1C. The third-order valence-electron chi connectivity index (χ3n) is 8.61. The highest BCUT2D eigenvalue weighted by molar-refractivity contribution is 5.66. The van der Waals surface area contributed by atoms with Crippen LogP contribution in [0.4, 0.5) is 0 Å². The molecule has 0 aliphatic carbocycles. The molecule has 212 valence electrons. The van der Waals surface area contributed by atoms with Crippen molar-refractivity contribution in [3.63, 3.8) is 0 Å². The summed E-state index contributed by atoms with van der Waals surface area (Å²) in [6.45, 7) is 16.0. The number of rotatable bonds is 17. The zero-order valence-electron chi connectivity index (χ0n) is 25.0. The van der Waals surface area contributed by atoms with Crippen molar-refractivity contribution in [2.75, 3.05) is 6.61 Å². The van der Waals surface area contributed by atoms with Gasteiger partial charge in [0.15, 0.2) is 0 Å². The minimum Gasteiger partial charge on any atom is -0.493 e. The van der Waals surface area contributed by atoms with E-state index in [1.165, 1.54) is 22.3 Å². The second kappa shape index (κ2) is 14.7. The number of hydrogen-bond donors (Lipinski definition) is 2. The topological polar surface area (TPSA) is 66.8 Å². The van der Waals surface area contributed by atoms with Crippen LogP contribution >= 0.6 is 0 Å². The van der Waals surface area contributed by atoms with Gasteiger partial charge in [-0.05, 0) is 105 Å². The van der Waals surface area contributed by atoms with E-state index in [9.17, 15) is 9.90 Å². The number of unbranched alkanes of at least 4 members (excludes halogenated alkanes) is 2. The molecule has 0 saturated carbocycles. The summed E-state index contributed by atoms with van der Waals surface area (Å²) in [5.74, 6) is 0.173. The number of aryl methyl sites for hydroxylation is 3. The van der Waals surface area contributed by atoms with Crippen molar-refractivity contribution in [1.29, 1.82) is 0 Å². The summed E-state index contributed by atoms with van der Waals surface area (Å²) in [6.07, 6.45) is 8.19. The molecule has 0 bridgehead atoms. The van der Waals surface area contributed by atoms with Crippen molar-refractivity contribution in [2.24, 2.45) is 5.41 Å². The summed E-state index contributed by atoms with van der Waals surface area (Å²) in [5.41, 5.74) is 6.32. The van der Waals surface area contributed by atoms with Crippen LogP contribution in [0.3, 0.4) is 0 Å². The summed E-state index contributed by atoms with van der Waals surface area (Å²) in [6, 6.07) is 13.5. The highest BCUT2D eigenvalue weighted by atomic mass is 16.5. The van der Waals surface area contributed by atoms with Crippen LogP contribution in [-0.2, 0) is 16.6 Å². The molecule has 0 fully saturated rings. The van der Waals surface area contributed by atoms with Gasteiger partial charge < -0.3 is 14.9 Å². The van der Waals surface area contributed by atoms with Crippen molar-refractivity contribution >= 4 is 5.97 Å². The van der Waals surface area contributed by atoms with Gasteiger partial charge in [0.1, 0.15) is 5.75 Å². The highest BCUT2D eigenvalue weighted by Crippen LogP contribution is 2.41. The first-order valence-corrected chi connectivity index (χ1v) is 14.7. The molecule has 2 rings (SSSR count). The average Bonchev–Trinajstić information content (AvgIpc) is 2.87. The molecule has 4 heteroatoms. The average molecular weight is 525 g/mol. The van der Waals surface area contributed by atoms with Crippen LogP contribution in [-0.4, -0.2) is 28.9 Å². The Balaban J connectivity index is 2.15. The molecule has 0 heterocycles. The molecule has 0 aliphatic heterocycles. The van der Waals surface area contributed by atoms with E-state index in [4.69, 9.17) is 9.84 Å². The molecule has 0 spiro atoms. The van der Waals surface area contributed by atoms with Crippen LogP contribution < -0.4 is 4.74 Å². The number of ether oxygens (including phenoxy) is 1. The van der Waals surface area contributed by atoms with Crippen LogP contribution in [0.25, 0.3) is 0 Å². The third-order valence-corrected chi connectivity index (χ3v) is 8.61. The monoisotopic (exact) mass is 524 g/mol. The molecule has 0 radical (unpaired) electrons. The molecule has 0 aliphatic rings. The zero-order chi connectivity index (χ0) is 28.3. The van der Waals surface area contributed by atoms with E-state index in [2.05, 4.69) is 84.9 Å². The van der Waals surface area contributed by atoms with Crippen LogP contribution in [0.5, 0.6) is 5.75 Å². The van der Waals surface area contributed by atoms with Crippen molar-refractivity contribution < 1.29 is 19.7 Å². The molecule has 2 aromatic rings. The van der Waals surface area contributed by atoms with Gasteiger partial charge in [-0.15, -0.1) is 0 Å². The van der Waals surface area contributed by atoms with Crippen LogP contribution in [0.2, 0.25) is 0 Å². The van der Waals surface area contributed by atoms with Gasteiger partial charge in [0.25, 0.3) is 0 Å². The highest BCUT2D eigenvalue weighted by Gasteiger charge is 2.32. The van der Waals surface area contributed by atoms with Crippen molar-refractivity contribution in [3.05, 3.63) is 64.2 Å². The minimum atomic E-state index is -0.734. The summed E-state index contributed by atoms with van der Waals surface area (Å²) in [4.78, 5) is 10.7. The van der Waals surface area contributed by atoms with E-state index in [1.807, 2.05) is 0 Å². The second-order valence-electron chi connectivity index (χ2n) is 11.8. The number of carboxylic acid groups (broad SMARTS) is 1. The normalized spacial score (nSPS) is 12.9. The molecule has 0 aromatic heterocycles. The van der Waals surface area contributed by atoms with Crippen LogP contribution in [0, 0.1) is 19.3 Å². The van der Waals surface area contributed by atoms with Gasteiger partial charge in [-0.25, -0.2) is 0 Å². The molecular weight excluding hydrogens is 472 g/mol. The van der Waals surface area contributed by atoms with E-state index < -0.39 is 5.97 Å². The predicted octanol–water partition coefficient (Wildman–Crippen LogP) is 8.55. The summed E-state index contributed by atoms with van der Waals surface area (Å²) in [5, 5.41) is 19.6. The Morgan fingerprint density at radius 2 is 1.55 bits per heavy atom. The summed E-state index contributed by atoms with van der Waals surface area (Å²) in [7, 11) is 0. The number of aliphatic carboxylic acids is 1. The lowest BCUT2D eigenvalue weighted by atomic mass is 9.69. The smallest absolute Gasteiger partial charge is 0.303 e. The lowest BCUT2D eigenvalue weighted by molar-refractivity contribution is -0.137. The van der Waals surface area contributed by atoms with Gasteiger partial charge >= 0.3 is 5.97 Å². The maximum atomic E-state index is 10.8. The molecule has 0 saturated heterocycles. The first kappa shape index (κ1) is 31.9. The predicted molar refractivity (Wildman–Crippen MR) is 158 cm³/mol. The van der Waals surface area contributed by atoms with E-state index in [1.54, 1.807) is 0 Å². The lowest BCUT2D eigenvalue weighted by Crippen LogP contribution is -2.29. The Labute approximate surface area is 231 Å². The van der Waals surface area contributed by atoms with Crippen molar-refractivity contribution in [2.45, 2.75) is 124 Å². The number of hydrogen-bond acceptors (Lipinski definition) is 3. The van der Waals surface area contributed by atoms with E-state index in [-0.39, 0.29) is 23.4 Å². The fraction of sp³-hybridized carbons (Fsp3) is 0.618. The van der Waals surface area contributed by atoms with Gasteiger partial charge in [0.2, 0.25) is 0 Å². The Bertz CT molecular complexity index is 1020. The van der Waals surface area contributed by atoms with Gasteiger partial charge in [-0.2, -0.15) is 0 Å². The Kier molecular flexibility index (Phi) is 12.4. The number of aliphatic hydroxyl groups excluding tert-OH is 1. The Morgan fingerprint density at radius 1 is 0.921 bits per heavy atom. The standard InChI is InChI=1S/C34H52O4/c1-8-21-33(6,7)31(35)20-16-27-15-17-28(23-25(27)4)34(9-2,10-3)29-18-19-30(26(5)24-29)38-22-13-11-12-14-32(36)37/h15,17-19,23-24,31,35H,8-14,16,20-22H2,1-7H3,(H,36,37). The lowest BCUT2D eigenvalue weighted by Gasteiger charge is -2.34. The first-order valence-electron chi connectivity index (χ1n) is 14.7. The summed E-state index contributed by atoms with van der Waals surface area (Å²) < 4.78 is 6.04. The minimum absolute atomic E-state index is 0.0454. The van der Waals surface area contributed by atoms with Gasteiger partial charge in [-0.1, -0.05) is 71.4 Å². The maximum absolute atomic E-state index is 10.8. The van der Waals surface area contributed by atoms with E-state index in [0.717, 1.165) is 62.7 Å². The molecule has 0 amide bonds. The Hall–Kier alpha value is -2.33. The number of carboxylic acids is 1. The molecule has 38 heavy (non-hydrogen) atoms. The van der Waals surface area contributed by atoms with E-state index >= 15 is 0 Å². The second-order valence-corrected chi connectivity index (χ2v) is 11.8. The molecule has 1 atom stereocenters. The van der Waals surface area contributed by atoms with Crippen molar-refractivity contribution in [1.82, 2.24) is 0 Å². The largest absolute Gasteiger partial charge is 0.493 e. The fourth-order valence-corrected chi connectivity index (χ4v) is 5.85. The van der Waals surface area contributed by atoms with Gasteiger partial charge in [0.05, 0.1) is 12.7 Å².